The number of ether oxygens (including phenoxy) is 1. The molecule has 24 heavy (non-hydrogen) atoms. The molecule has 0 saturated carbocycles. The average molecular weight is 330 g/mol. The van der Waals surface area contributed by atoms with Gasteiger partial charge < -0.3 is 20.3 Å². The van der Waals surface area contributed by atoms with Crippen LogP contribution in [0.1, 0.15) is 54.8 Å². The van der Waals surface area contributed by atoms with Gasteiger partial charge in [-0.3, -0.25) is 0 Å². The number of nitrogens with one attached hydrogen (secondary N) is 1. The highest BCUT2D eigenvalue weighted by atomic mass is 16.5. The first-order valence-electron chi connectivity index (χ1n) is 8.63. The highest BCUT2D eigenvalue weighted by Crippen LogP contribution is 2.27. The van der Waals surface area contributed by atoms with E-state index in [0.717, 1.165) is 50.2 Å². The molecule has 1 aliphatic heterocycles. The van der Waals surface area contributed by atoms with Gasteiger partial charge in [0, 0.05) is 25.1 Å². The first-order valence-corrected chi connectivity index (χ1v) is 8.63. The fraction of sp³-hybridized carbons (Fsp3) is 0.625. The molecular weight excluding hydrogens is 308 g/mol. The molecule has 1 aliphatic carbocycles. The number of aromatic nitrogens is 4. The molecule has 4 rings (SSSR count). The quantitative estimate of drug-likeness (QED) is 0.854. The predicted octanol–water partition coefficient (Wildman–Crippen LogP) is 1.83. The lowest BCUT2D eigenvalue weighted by Crippen LogP contribution is -2.16. The Kier molecular flexibility index (Phi) is 4.29. The lowest BCUT2D eigenvalue weighted by Gasteiger charge is -2.18. The summed E-state index contributed by atoms with van der Waals surface area (Å²) in [6, 6.07) is 0. The zero-order valence-corrected chi connectivity index (χ0v) is 13.6. The van der Waals surface area contributed by atoms with Crippen molar-refractivity contribution in [2.24, 2.45) is 0 Å². The van der Waals surface area contributed by atoms with Crippen molar-refractivity contribution >= 4 is 11.8 Å². The van der Waals surface area contributed by atoms with Crippen LogP contribution < -0.4 is 11.1 Å². The monoisotopic (exact) mass is 330 g/mol. The van der Waals surface area contributed by atoms with Gasteiger partial charge in [0.25, 0.3) is 5.89 Å². The van der Waals surface area contributed by atoms with Crippen LogP contribution in [-0.2, 0) is 24.0 Å². The lowest BCUT2D eigenvalue weighted by molar-refractivity contribution is 0.0835. The highest BCUT2D eigenvalue weighted by molar-refractivity contribution is 5.50. The van der Waals surface area contributed by atoms with Gasteiger partial charge in [0.15, 0.2) is 5.82 Å². The third-order valence-electron chi connectivity index (χ3n) is 4.53. The normalized spacial score (nSPS) is 20.1. The molecule has 1 atom stereocenters. The second-order valence-electron chi connectivity index (χ2n) is 6.29. The molecule has 2 aliphatic rings. The smallest absolute Gasteiger partial charge is 0.255 e. The fourth-order valence-electron chi connectivity index (χ4n) is 3.32. The first-order chi connectivity index (χ1) is 11.8. The number of rotatable bonds is 5. The van der Waals surface area contributed by atoms with Crippen LogP contribution >= 0.6 is 0 Å². The number of aryl methyl sites for hydroxylation is 1. The van der Waals surface area contributed by atoms with Gasteiger partial charge in [-0.2, -0.15) is 9.97 Å². The molecule has 0 radical (unpaired) electrons. The van der Waals surface area contributed by atoms with E-state index in [4.69, 9.17) is 15.0 Å². The highest BCUT2D eigenvalue weighted by Gasteiger charge is 2.23. The number of nitrogens with two attached hydrogens (primary N) is 1. The Balaban J connectivity index is 1.38. The summed E-state index contributed by atoms with van der Waals surface area (Å²) >= 11 is 0. The van der Waals surface area contributed by atoms with Gasteiger partial charge >= 0.3 is 0 Å². The minimum absolute atomic E-state index is 0.0344. The zero-order chi connectivity index (χ0) is 16.4. The van der Waals surface area contributed by atoms with Crippen LogP contribution in [0.5, 0.6) is 0 Å². The molecule has 1 fully saturated rings. The molecule has 2 aromatic heterocycles. The zero-order valence-electron chi connectivity index (χ0n) is 13.6. The van der Waals surface area contributed by atoms with Crippen molar-refractivity contribution in [3.05, 3.63) is 23.0 Å². The molecule has 3 heterocycles. The van der Waals surface area contributed by atoms with E-state index in [0.29, 0.717) is 30.6 Å². The summed E-state index contributed by atoms with van der Waals surface area (Å²) in [6.45, 7) is 1.44. The third kappa shape index (κ3) is 3.19. The predicted molar refractivity (Wildman–Crippen MR) is 87.5 cm³/mol. The van der Waals surface area contributed by atoms with Crippen LogP contribution in [0.3, 0.4) is 0 Å². The van der Waals surface area contributed by atoms with Crippen molar-refractivity contribution in [3.63, 3.8) is 0 Å². The van der Waals surface area contributed by atoms with E-state index in [9.17, 15) is 0 Å². The van der Waals surface area contributed by atoms with E-state index < -0.39 is 0 Å². The number of fused-ring (bicyclic) bond motifs is 1. The summed E-state index contributed by atoms with van der Waals surface area (Å²) in [5.74, 6) is 2.45. The van der Waals surface area contributed by atoms with Crippen molar-refractivity contribution in [1.82, 2.24) is 20.1 Å². The van der Waals surface area contributed by atoms with Crippen LogP contribution in [0.4, 0.5) is 11.8 Å². The lowest BCUT2D eigenvalue weighted by atomic mass is 9.96. The van der Waals surface area contributed by atoms with E-state index in [2.05, 4.69) is 25.4 Å². The van der Waals surface area contributed by atoms with Gasteiger partial charge in [-0.1, -0.05) is 5.16 Å². The van der Waals surface area contributed by atoms with Gasteiger partial charge in [-0.25, -0.2) is 4.98 Å². The van der Waals surface area contributed by atoms with Crippen LogP contribution in [0.2, 0.25) is 0 Å². The molecule has 8 heteroatoms. The third-order valence-corrected chi connectivity index (χ3v) is 4.53. The SMILES string of the molecule is Nc1nc2c(c(NCCc3noc([C@@H]4CCCO4)n3)n1)CCCC2. The van der Waals surface area contributed by atoms with Gasteiger partial charge in [-0.15, -0.1) is 0 Å². The van der Waals surface area contributed by atoms with Crippen LogP contribution in [-0.4, -0.2) is 33.3 Å². The number of hydrogen-bond donors (Lipinski definition) is 2. The van der Waals surface area contributed by atoms with Crippen LogP contribution in [0, 0.1) is 0 Å². The summed E-state index contributed by atoms with van der Waals surface area (Å²) < 4.78 is 10.9. The Labute approximate surface area is 140 Å². The van der Waals surface area contributed by atoms with Crippen molar-refractivity contribution < 1.29 is 9.26 Å². The summed E-state index contributed by atoms with van der Waals surface area (Å²) in [4.78, 5) is 13.1. The molecule has 0 unspecified atom stereocenters. The van der Waals surface area contributed by atoms with E-state index in [1.807, 2.05) is 0 Å². The number of nitrogens with zero attached hydrogens (tertiary/aromatic N) is 4. The van der Waals surface area contributed by atoms with Gasteiger partial charge in [0.2, 0.25) is 5.95 Å². The molecule has 128 valence electrons. The Bertz CT molecular complexity index is 711. The summed E-state index contributed by atoms with van der Waals surface area (Å²) in [5.41, 5.74) is 8.10. The second kappa shape index (κ2) is 6.72. The maximum absolute atomic E-state index is 5.82. The fourth-order valence-corrected chi connectivity index (χ4v) is 3.32. The van der Waals surface area contributed by atoms with Crippen LogP contribution in [0.25, 0.3) is 0 Å². The van der Waals surface area contributed by atoms with Crippen molar-refractivity contribution in [1.29, 1.82) is 0 Å². The standard InChI is InChI=1S/C16H22N6O2/c17-16-19-11-5-2-1-4-10(11)14(21-16)18-8-7-13-20-15(24-22-13)12-6-3-9-23-12/h12H,1-9H2,(H3,17,18,19,21)/t12-/m0/s1. The van der Waals surface area contributed by atoms with Gasteiger partial charge in [0.05, 0.1) is 5.69 Å². The van der Waals surface area contributed by atoms with E-state index >= 15 is 0 Å². The first kappa shape index (κ1) is 15.3. The summed E-state index contributed by atoms with van der Waals surface area (Å²) in [6.07, 6.45) is 6.94. The van der Waals surface area contributed by atoms with E-state index in [1.165, 1.54) is 12.0 Å². The minimum atomic E-state index is -0.0344. The number of hydrogen-bond acceptors (Lipinski definition) is 8. The Morgan fingerprint density at radius 1 is 1.12 bits per heavy atom. The maximum Gasteiger partial charge on any atom is 0.255 e. The molecule has 0 spiro atoms. The maximum atomic E-state index is 5.82. The van der Waals surface area contributed by atoms with Crippen LogP contribution in [0.15, 0.2) is 4.52 Å². The second-order valence-corrected chi connectivity index (χ2v) is 6.29. The van der Waals surface area contributed by atoms with Crippen molar-refractivity contribution in [2.45, 2.75) is 51.0 Å². The molecule has 3 N–H and O–H groups in total. The molecule has 0 aromatic carbocycles. The molecule has 8 nitrogen and oxygen atoms in total. The van der Waals surface area contributed by atoms with E-state index in [1.54, 1.807) is 0 Å². The number of anilines is 2. The summed E-state index contributed by atoms with van der Waals surface area (Å²) in [5, 5.41) is 7.39. The largest absolute Gasteiger partial charge is 0.369 e. The van der Waals surface area contributed by atoms with Crippen molar-refractivity contribution in [2.75, 3.05) is 24.2 Å². The van der Waals surface area contributed by atoms with Gasteiger partial charge in [0.1, 0.15) is 11.9 Å². The Morgan fingerprint density at radius 2 is 2.04 bits per heavy atom. The van der Waals surface area contributed by atoms with E-state index in [-0.39, 0.29) is 6.10 Å². The molecule has 2 aromatic rings. The Morgan fingerprint density at radius 3 is 2.92 bits per heavy atom. The average Bonchev–Trinajstić information content (AvgIpc) is 3.26. The molecule has 1 saturated heterocycles. The number of nitrogen functional groups attached to an aromatic ring is 1. The Hall–Kier alpha value is -2.22. The summed E-state index contributed by atoms with van der Waals surface area (Å²) in [7, 11) is 0. The topological polar surface area (TPSA) is 112 Å². The minimum Gasteiger partial charge on any atom is -0.369 e. The van der Waals surface area contributed by atoms with Gasteiger partial charge in [-0.05, 0) is 38.5 Å². The van der Waals surface area contributed by atoms with Crippen molar-refractivity contribution in [3.8, 4) is 0 Å². The molecule has 0 amide bonds. The molecule has 0 bridgehead atoms. The molecular formula is C16H22N6O2.